The van der Waals surface area contributed by atoms with E-state index in [0.29, 0.717) is 12.6 Å². The Balaban J connectivity index is 1.71. The van der Waals surface area contributed by atoms with E-state index in [4.69, 9.17) is 11.6 Å². The first kappa shape index (κ1) is 10.7. The molecule has 88 valence electrons. The summed E-state index contributed by atoms with van der Waals surface area (Å²) in [5.74, 6) is 0.868. The molecule has 0 fully saturated rings. The van der Waals surface area contributed by atoms with Crippen molar-refractivity contribution >= 4 is 11.6 Å². The van der Waals surface area contributed by atoms with Gasteiger partial charge in [0.05, 0.1) is 6.54 Å². The molecule has 0 amide bonds. The van der Waals surface area contributed by atoms with Gasteiger partial charge < -0.3 is 5.32 Å². The van der Waals surface area contributed by atoms with E-state index in [0.717, 1.165) is 23.7 Å². The molecule has 2 aromatic rings. The van der Waals surface area contributed by atoms with Crippen LogP contribution in [0.15, 0.2) is 24.5 Å². The average Bonchev–Trinajstić information content (AvgIpc) is 2.94. The molecule has 3 rings (SSSR count). The number of H-pyrrole nitrogens is 1. The monoisotopic (exact) mass is 248 g/mol. The molecule has 0 spiro atoms. The molecule has 1 aromatic carbocycles. The second kappa shape index (κ2) is 4.47. The van der Waals surface area contributed by atoms with Gasteiger partial charge in [0.1, 0.15) is 12.2 Å². The van der Waals surface area contributed by atoms with Crippen LogP contribution in [0.1, 0.15) is 29.4 Å². The smallest absolute Gasteiger partial charge is 0.138 e. The second-order valence-electron chi connectivity index (χ2n) is 4.25. The van der Waals surface area contributed by atoms with E-state index < -0.39 is 0 Å². The molecule has 1 aromatic heterocycles. The Labute approximate surface area is 104 Å². The predicted octanol–water partition coefficient (Wildman–Crippen LogP) is 2.24. The lowest BCUT2D eigenvalue weighted by molar-refractivity contribution is 0.520. The Hall–Kier alpha value is -1.39. The first-order valence-electron chi connectivity index (χ1n) is 5.69. The number of nitrogens with zero attached hydrogens (tertiary/aromatic N) is 2. The highest BCUT2D eigenvalue weighted by Gasteiger charge is 2.22. The van der Waals surface area contributed by atoms with Gasteiger partial charge in [-0.15, -0.1) is 0 Å². The normalized spacial score (nSPS) is 18.3. The average molecular weight is 249 g/mol. The summed E-state index contributed by atoms with van der Waals surface area (Å²) >= 11 is 5.99. The summed E-state index contributed by atoms with van der Waals surface area (Å²) in [5.41, 5.74) is 2.71. The quantitative estimate of drug-likeness (QED) is 0.876. The molecule has 1 aliphatic rings. The predicted molar refractivity (Wildman–Crippen MR) is 65.7 cm³/mol. The fraction of sp³-hybridized carbons (Fsp3) is 0.333. The van der Waals surface area contributed by atoms with Crippen LogP contribution in [0.25, 0.3) is 0 Å². The number of aryl methyl sites for hydroxylation is 1. The topological polar surface area (TPSA) is 53.6 Å². The zero-order valence-corrected chi connectivity index (χ0v) is 10.0. The van der Waals surface area contributed by atoms with E-state index in [1.165, 1.54) is 17.5 Å². The summed E-state index contributed by atoms with van der Waals surface area (Å²) in [6.45, 7) is 0.715. The van der Waals surface area contributed by atoms with E-state index >= 15 is 0 Å². The highest BCUT2D eigenvalue weighted by molar-refractivity contribution is 6.30. The third-order valence-corrected chi connectivity index (χ3v) is 3.40. The number of benzene rings is 1. The van der Waals surface area contributed by atoms with Gasteiger partial charge in [-0.25, -0.2) is 4.98 Å². The largest absolute Gasteiger partial charge is 0.303 e. The number of aromatic amines is 1. The van der Waals surface area contributed by atoms with E-state index in [-0.39, 0.29) is 0 Å². The first-order chi connectivity index (χ1) is 8.33. The highest BCUT2D eigenvalue weighted by Crippen LogP contribution is 2.32. The molecule has 0 aliphatic heterocycles. The number of nitrogens with one attached hydrogen (secondary N) is 2. The molecular weight excluding hydrogens is 236 g/mol. The second-order valence-corrected chi connectivity index (χ2v) is 4.68. The van der Waals surface area contributed by atoms with E-state index in [2.05, 4.69) is 32.6 Å². The zero-order chi connectivity index (χ0) is 11.7. The van der Waals surface area contributed by atoms with Gasteiger partial charge >= 0.3 is 0 Å². The van der Waals surface area contributed by atoms with Crippen LogP contribution in [0.3, 0.4) is 0 Å². The molecule has 1 aliphatic carbocycles. The first-order valence-corrected chi connectivity index (χ1v) is 6.06. The fourth-order valence-electron chi connectivity index (χ4n) is 2.33. The molecule has 0 saturated heterocycles. The molecule has 0 saturated carbocycles. The number of hydrogen-bond donors (Lipinski definition) is 2. The zero-order valence-electron chi connectivity index (χ0n) is 9.28. The maximum Gasteiger partial charge on any atom is 0.138 e. The van der Waals surface area contributed by atoms with Crippen molar-refractivity contribution in [1.82, 2.24) is 20.5 Å². The number of hydrogen-bond acceptors (Lipinski definition) is 3. The van der Waals surface area contributed by atoms with Gasteiger partial charge in [0.2, 0.25) is 0 Å². The van der Waals surface area contributed by atoms with Crippen LogP contribution in [0.2, 0.25) is 5.02 Å². The van der Waals surface area contributed by atoms with Crippen LogP contribution in [0.5, 0.6) is 0 Å². The van der Waals surface area contributed by atoms with Crippen molar-refractivity contribution in [2.24, 2.45) is 0 Å². The molecule has 0 radical (unpaired) electrons. The Morgan fingerprint density at radius 2 is 2.41 bits per heavy atom. The van der Waals surface area contributed by atoms with Crippen LogP contribution in [0, 0.1) is 0 Å². The van der Waals surface area contributed by atoms with Crippen molar-refractivity contribution in [3.63, 3.8) is 0 Å². The highest BCUT2D eigenvalue weighted by atomic mass is 35.5. The summed E-state index contributed by atoms with van der Waals surface area (Å²) in [4.78, 5) is 4.10. The fourth-order valence-corrected chi connectivity index (χ4v) is 2.53. The number of fused-ring (bicyclic) bond motifs is 1. The molecule has 1 heterocycles. The van der Waals surface area contributed by atoms with Gasteiger partial charge in [-0.1, -0.05) is 17.7 Å². The van der Waals surface area contributed by atoms with E-state index in [1.54, 1.807) is 0 Å². The summed E-state index contributed by atoms with van der Waals surface area (Å²) in [7, 11) is 0. The lowest BCUT2D eigenvalue weighted by Crippen LogP contribution is -2.19. The minimum Gasteiger partial charge on any atom is -0.303 e. The number of halogens is 1. The van der Waals surface area contributed by atoms with Gasteiger partial charge in [-0.05, 0) is 36.1 Å². The van der Waals surface area contributed by atoms with Crippen molar-refractivity contribution in [1.29, 1.82) is 0 Å². The molecule has 1 unspecified atom stereocenters. The molecule has 2 N–H and O–H groups in total. The maximum absolute atomic E-state index is 5.99. The van der Waals surface area contributed by atoms with Crippen LogP contribution in [-0.4, -0.2) is 15.2 Å². The standard InChI is InChI=1S/C12H13ClN4/c13-9-2-3-10-8(5-9)1-4-11(10)14-6-12-15-7-16-17-12/h2-3,5,7,11,14H,1,4,6H2,(H,15,16,17). The minimum absolute atomic E-state index is 0.396. The summed E-state index contributed by atoms with van der Waals surface area (Å²) < 4.78 is 0. The minimum atomic E-state index is 0.396. The Bertz CT molecular complexity index is 509. The summed E-state index contributed by atoms with van der Waals surface area (Å²) in [6, 6.07) is 6.53. The molecular formula is C12H13ClN4. The van der Waals surface area contributed by atoms with Crippen molar-refractivity contribution in [2.75, 3.05) is 0 Å². The lowest BCUT2D eigenvalue weighted by Gasteiger charge is -2.12. The van der Waals surface area contributed by atoms with Crippen molar-refractivity contribution < 1.29 is 0 Å². The van der Waals surface area contributed by atoms with Crippen molar-refractivity contribution in [3.05, 3.63) is 46.5 Å². The van der Waals surface area contributed by atoms with E-state index in [9.17, 15) is 0 Å². The van der Waals surface area contributed by atoms with Crippen LogP contribution in [-0.2, 0) is 13.0 Å². The Morgan fingerprint density at radius 1 is 1.47 bits per heavy atom. The third kappa shape index (κ3) is 2.18. The SMILES string of the molecule is Clc1ccc2c(c1)CCC2NCc1ncn[nH]1. The molecule has 17 heavy (non-hydrogen) atoms. The summed E-state index contributed by atoms with van der Waals surface area (Å²) in [5, 5.41) is 11.0. The molecule has 4 nitrogen and oxygen atoms in total. The van der Waals surface area contributed by atoms with Crippen LogP contribution < -0.4 is 5.32 Å². The third-order valence-electron chi connectivity index (χ3n) is 3.16. The van der Waals surface area contributed by atoms with Gasteiger partial charge in [-0.2, -0.15) is 5.10 Å². The molecule has 0 bridgehead atoms. The number of rotatable bonds is 3. The lowest BCUT2D eigenvalue weighted by atomic mass is 10.1. The van der Waals surface area contributed by atoms with Crippen molar-refractivity contribution in [3.8, 4) is 0 Å². The van der Waals surface area contributed by atoms with Crippen molar-refractivity contribution in [2.45, 2.75) is 25.4 Å². The van der Waals surface area contributed by atoms with Gasteiger partial charge in [0, 0.05) is 11.1 Å². The van der Waals surface area contributed by atoms with Gasteiger partial charge in [0.25, 0.3) is 0 Å². The van der Waals surface area contributed by atoms with Gasteiger partial charge in [-0.3, -0.25) is 5.10 Å². The Kier molecular flexibility index (Phi) is 2.82. The van der Waals surface area contributed by atoms with Crippen LogP contribution in [0.4, 0.5) is 0 Å². The summed E-state index contributed by atoms with van der Waals surface area (Å²) in [6.07, 6.45) is 3.73. The molecule has 1 atom stereocenters. The number of aromatic nitrogens is 3. The Morgan fingerprint density at radius 3 is 3.24 bits per heavy atom. The van der Waals surface area contributed by atoms with E-state index in [1.807, 2.05) is 6.07 Å². The molecule has 5 heteroatoms. The van der Waals surface area contributed by atoms with Gasteiger partial charge in [0.15, 0.2) is 0 Å². The maximum atomic E-state index is 5.99. The van der Waals surface area contributed by atoms with Crippen LogP contribution >= 0.6 is 11.6 Å².